The topological polar surface area (TPSA) is 16.1 Å². The van der Waals surface area contributed by atoms with Gasteiger partial charge in [-0.15, -0.1) is 0 Å². The average Bonchev–Trinajstić information content (AvgIpc) is 2.29. The first-order chi connectivity index (χ1) is 7.57. The highest BCUT2D eigenvalue weighted by Gasteiger charge is 2.29. The first kappa shape index (κ1) is 11.4. The number of anilines is 1. The van der Waals surface area contributed by atoms with Crippen LogP contribution in [-0.4, -0.2) is 18.1 Å². The molecular weight excluding hydrogens is 196 g/mol. The number of rotatable bonds is 1. The van der Waals surface area contributed by atoms with Gasteiger partial charge in [-0.1, -0.05) is 20.8 Å². The monoisotopic (exact) mass is 218 g/mol. The number of hydrogen-bond acceptors (Lipinski definition) is 2. The van der Waals surface area contributed by atoms with Gasteiger partial charge < -0.3 is 4.90 Å². The van der Waals surface area contributed by atoms with E-state index in [1.807, 2.05) is 12.4 Å². The normalized spacial score (nSPS) is 22.2. The molecular formula is C14H22N2. The van der Waals surface area contributed by atoms with Gasteiger partial charge >= 0.3 is 0 Å². The zero-order chi connectivity index (χ0) is 11.6. The van der Waals surface area contributed by atoms with Gasteiger partial charge in [-0.2, -0.15) is 0 Å². The maximum atomic E-state index is 4.08. The summed E-state index contributed by atoms with van der Waals surface area (Å²) in [5.41, 5.74) is 1.75. The minimum Gasteiger partial charge on any atom is -0.371 e. The van der Waals surface area contributed by atoms with Gasteiger partial charge in [-0.3, -0.25) is 4.98 Å². The Balaban J connectivity index is 2.08. The second-order valence-electron chi connectivity index (χ2n) is 5.86. The summed E-state index contributed by atoms with van der Waals surface area (Å²) in [5.74, 6) is 0.800. The Hall–Kier alpha value is -1.05. The van der Waals surface area contributed by atoms with E-state index in [1.54, 1.807) is 0 Å². The second-order valence-corrected chi connectivity index (χ2v) is 5.86. The number of piperidine rings is 1. The molecule has 0 amide bonds. The van der Waals surface area contributed by atoms with Crippen molar-refractivity contribution < 1.29 is 0 Å². The molecule has 1 aromatic rings. The Morgan fingerprint density at radius 3 is 2.56 bits per heavy atom. The van der Waals surface area contributed by atoms with Gasteiger partial charge in [0, 0.05) is 31.2 Å². The van der Waals surface area contributed by atoms with Crippen LogP contribution in [0.5, 0.6) is 0 Å². The van der Waals surface area contributed by atoms with Gasteiger partial charge in [0.1, 0.15) is 0 Å². The number of pyridine rings is 1. The minimum atomic E-state index is 0.422. The third-order valence-corrected chi connectivity index (χ3v) is 3.67. The molecule has 0 aromatic carbocycles. The van der Waals surface area contributed by atoms with Gasteiger partial charge in [-0.05, 0) is 36.3 Å². The first-order valence-corrected chi connectivity index (χ1v) is 6.22. The number of nitrogens with zero attached hydrogens (tertiary/aromatic N) is 2. The Kier molecular flexibility index (Phi) is 3.17. The van der Waals surface area contributed by atoms with E-state index in [1.165, 1.54) is 31.6 Å². The molecule has 1 saturated heterocycles. The lowest BCUT2D eigenvalue weighted by molar-refractivity contribution is 0.208. The summed E-state index contributed by atoms with van der Waals surface area (Å²) in [5, 5.41) is 0. The molecule has 0 radical (unpaired) electrons. The van der Waals surface area contributed by atoms with Crippen LogP contribution in [0.15, 0.2) is 24.5 Å². The van der Waals surface area contributed by atoms with E-state index in [2.05, 4.69) is 42.8 Å². The van der Waals surface area contributed by atoms with E-state index in [9.17, 15) is 0 Å². The molecule has 1 unspecified atom stereocenters. The minimum absolute atomic E-state index is 0.422. The second kappa shape index (κ2) is 4.44. The molecule has 1 aliphatic heterocycles. The molecule has 0 bridgehead atoms. The fourth-order valence-corrected chi connectivity index (χ4v) is 2.47. The lowest BCUT2D eigenvalue weighted by Crippen LogP contribution is -2.40. The molecule has 2 heterocycles. The average molecular weight is 218 g/mol. The van der Waals surface area contributed by atoms with Crippen LogP contribution < -0.4 is 4.90 Å². The van der Waals surface area contributed by atoms with Crippen molar-refractivity contribution in [2.75, 3.05) is 18.0 Å². The Labute approximate surface area is 98.7 Å². The highest BCUT2D eigenvalue weighted by atomic mass is 15.1. The molecule has 1 fully saturated rings. The van der Waals surface area contributed by atoms with E-state index in [0.29, 0.717) is 5.41 Å². The maximum Gasteiger partial charge on any atom is 0.0397 e. The van der Waals surface area contributed by atoms with Crippen molar-refractivity contribution in [1.29, 1.82) is 0 Å². The third-order valence-electron chi connectivity index (χ3n) is 3.67. The van der Waals surface area contributed by atoms with Crippen molar-refractivity contribution in [3.05, 3.63) is 24.5 Å². The molecule has 16 heavy (non-hydrogen) atoms. The van der Waals surface area contributed by atoms with E-state index in [0.717, 1.165) is 5.92 Å². The van der Waals surface area contributed by atoms with E-state index in [4.69, 9.17) is 0 Å². The highest BCUT2D eigenvalue weighted by Crippen LogP contribution is 2.34. The standard InChI is InChI=1S/C14H22N2/c1-14(2,3)12-5-4-10-16(11-12)13-6-8-15-9-7-13/h6-9,12H,4-5,10-11H2,1-3H3. The van der Waals surface area contributed by atoms with Gasteiger partial charge in [0.25, 0.3) is 0 Å². The highest BCUT2D eigenvalue weighted by molar-refractivity contribution is 5.45. The van der Waals surface area contributed by atoms with Crippen molar-refractivity contribution in [2.24, 2.45) is 11.3 Å². The first-order valence-electron chi connectivity index (χ1n) is 6.22. The van der Waals surface area contributed by atoms with Crippen LogP contribution in [0.3, 0.4) is 0 Å². The quantitative estimate of drug-likeness (QED) is 0.718. The summed E-state index contributed by atoms with van der Waals surface area (Å²) in [4.78, 5) is 6.58. The third kappa shape index (κ3) is 2.55. The Bertz CT molecular complexity index is 326. The summed E-state index contributed by atoms with van der Waals surface area (Å²) in [6, 6.07) is 4.23. The molecule has 88 valence electrons. The van der Waals surface area contributed by atoms with Crippen LogP contribution in [-0.2, 0) is 0 Å². The molecule has 0 N–H and O–H groups in total. The number of aromatic nitrogens is 1. The molecule has 2 heteroatoms. The van der Waals surface area contributed by atoms with Gasteiger partial charge in [0.2, 0.25) is 0 Å². The smallest absolute Gasteiger partial charge is 0.0397 e. The van der Waals surface area contributed by atoms with Crippen molar-refractivity contribution in [3.63, 3.8) is 0 Å². The van der Waals surface area contributed by atoms with Crippen LogP contribution in [0.25, 0.3) is 0 Å². The maximum absolute atomic E-state index is 4.08. The molecule has 0 aliphatic carbocycles. The summed E-state index contributed by atoms with van der Waals surface area (Å²) in [7, 11) is 0. The zero-order valence-electron chi connectivity index (χ0n) is 10.6. The van der Waals surface area contributed by atoms with Gasteiger partial charge in [-0.25, -0.2) is 0 Å². The van der Waals surface area contributed by atoms with Crippen molar-refractivity contribution in [3.8, 4) is 0 Å². The Morgan fingerprint density at radius 1 is 1.25 bits per heavy atom. The lowest BCUT2D eigenvalue weighted by atomic mass is 9.76. The van der Waals surface area contributed by atoms with Crippen molar-refractivity contribution >= 4 is 5.69 Å². The molecule has 2 rings (SSSR count). The van der Waals surface area contributed by atoms with Crippen LogP contribution in [0.2, 0.25) is 0 Å². The largest absolute Gasteiger partial charge is 0.371 e. The SMILES string of the molecule is CC(C)(C)C1CCCN(c2ccncc2)C1. The summed E-state index contributed by atoms with van der Waals surface area (Å²) in [6.45, 7) is 9.44. The van der Waals surface area contributed by atoms with Crippen LogP contribution in [0, 0.1) is 11.3 Å². The van der Waals surface area contributed by atoms with Crippen LogP contribution >= 0.6 is 0 Å². The predicted molar refractivity (Wildman–Crippen MR) is 68.6 cm³/mol. The zero-order valence-corrected chi connectivity index (χ0v) is 10.6. The van der Waals surface area contributed by atoms with Crippen LogP contribution in [0.4, 0.5) is 5.69 Å². The molecule has 1 aromatic heterocycles. The summed E-state index contributed by atoms with van der Waals surface area (Å²) in [6.07, 6.45) is 6.45. The molecule has 2 nitrogen and oxygen atoms in total. The summed E-state index contributed by atoms with van der Waals surface area (Å²) < 4.78 is 0. The van der Waals surface area contributed by atoms with Crippen LogP contribution in [0.1, 0.15) is 33.6 Å². The molecule has 1 atom stereocenters. The van der Waals surface area contributed by atoms with Gasteiger partial charge in [0.05, 0.1) is 0 Å². The van der Waals surface area contributed by atoms with Crippen molar-refractivity contribution in [2.45, 2.75) is 33.6 Å². The lowest BCUT2D eigenvalue weighted by Gasteiger charge is -2.40. The molecule has 1 aliphatic rings. The predicted octanol–water partition coefficient (Wildman–Crippen LogP) is 3.34. The summed E-state index contributed by atoms with van der Waals surface area (Å²) >= 11 is 0. The fourth-order valence-electron chi connectivity index (χ4n) is 2.47. The molecule has 0 saturated carbocycles. The van der Waals surface area contributed by atoms with E-state index < -0.39 is 0 Å². The molecule has 0 spiro atoms. The fraction of sp³-hybridized carbons (Fsp3) is 0.643. The van der Waals surface area contributed by atoms with E-state index in [-0.39, 0.29) is 0 Å². The van der Waals surface area contributed by atoms with Crippen molar-refractivity contribution in [1.82, 2.24) is 4.98 Å². The van der Waals surface area contributed by atoms with Gasteiger partial charge in [0.15, 0.2) is 0 Å². The Morgan fingerprint density at radius 2 is 1.94 bits per heavy atom. The number of hydrogen-bond donors (Lipinski definition) is 0. The van der Waals surface area contributed by atoms with E-state index >= 15 is 0 Å².